The molecule has 5 rings (SSSR count). The van der Waals surface area contributed by atoms with Gasteiger partial charge in [0.2, 0.25) is 0 Å². The zero-order valence-corrected chi connectivity index (χ0v) is 16.9. The summed E-state index contributed by atoms with van der Waals surface area (Å²) in [7, 11) is 1.68. The normalized spacial score (nSPS) is 16.7. The van der Waals surface area contributed by atoms with Crippen LogP contribution in [0.15, 0.2) is 35.7 Å². The number of aryl methyl sites for hydroxylation is 1. The predicted octanol–water partition coefficient (Wildman–Crippen LogP) is 4.76. The maximum absolute atomic E-state index is 5.22. The SMILES string of the molecule is COc1ccc(CSc2nnc3c4c5c(sc4ncn23)C[C@@H](C)CC5)cc1. The van der Waals surface area contributed by atoms with Gasteiger partial charge in [-0.25, -0.2) is 4.98 Å². The molecule has 0 aliphatic heterocycles. The zero-order chi connectivity index (χ0) is 18.4. The van der Waals surface area contributed by atoms with Crippen LogP contribution >= 0.6 is 23.1 Å². The first-order valence-electron chi connectivity index (χ1n) is 9.12. The highest BCUT2D eigenvalue weighted by Gasteiger charge is 2.23. The van der Waals surface area contributed by atoms with Gasteiger partial charge in [-0.1, -0.05) is 30.8 Å². The minimum Gasteiger partial charge on any atom is -0.497 e. The van der Waals surface area contributed by atoms with Gasteiger partial charge < -0.3 is 4.74 Å². The summed E-state index contributed by atoms with van der Waals surface area (Å²) in [4.78, 5) is 7.31. The van der Waals surface area contributed by atoms with Gasteiger partial charge in [-0.3, -0.25) is 4.40 Å². The molecule has 5 nitrogen and oxygen atoms in total. The van der Waals surface area contributed by atoms with Gasteiger partial charge in [-0.2, -0.15) is 0 Å². The lowest BCUT2D eigenvalue weighted by molar-refractivity contribution is 0.414. The summed E-state index contributed by atoms with van der Waals surface area (Å²) in [5, 5.41) is 11.1. The van der Waals surface area contributed by atoms with Crippen LogP contribution in [-0.2, 0) is 18.6 Å². The molecule has 138 valence electrons. The number of ether oxygens (including phenoxy) is 1. The van der Waals surface area contributed by atoms with Crippen LogP contribution in [0.5, 0.6) is 5.75 Å². The molecule has 3 heterocycles. The molecule has 0 unspecified atom stereocenters. The molecule has 7 heteroatoms. The number of thioether (sulfide) groups is 1. The Labute approximate surface area is 165 Å². The minimum absolute atomic E-state index is 0.759. The molecule has 0 saturated carbocycles. The van der Waals surface area contributed by atoms with E-state index in [0.29, 0.717) is 0 Å². The summed E-state index contributed by atoms with van der Waals surface area (Å²) in [5.41, 5.74) is 3.63. The van der Waals surface area contributed by atoms with Gasteiger partial charge in [0, 0.05) is 10.6 Å². The Hall–Kier alpha value is -2.12. The first-order chi connectivity index (χ1) is 13.2. The molecule has 1 aliphatic carbocycles. The highest BCUT2D eigenvalue weighted by molar-refractivity contribution is 7.98. The number of hydrogen-bond acceptors (Lipinski definition) is 6. The van der Waals surface area contributed by atoms with E-state index in [1.807, 2.05) is 34.2 Å². The van der Waals surface area contributed by atoms with Crippen molar-refractivity contribution in [3.8, 4) is 5.75 Å². The molecule has 0 fully saturated rings. The predicted molar refractivity (Wildman–Crippen MR) is 110 cm³/mol. The van der Waals surface area contributed by atoms with E-state index in [2.05, 4.69) is 29.3 Å². The fourth-order valence-electron chi connectivity index (χ4n) is 3.69. The summed E-state index contributed by atoms with van der Waals surface area (Å²) >= 11 is 3.51. The molecule has 1 aromatic carbocycles. The van der Waals surface area contributed by atoms with Crippen LogP contribution in [0.3, 0.4) is 0 Å². The van der Waals surface area contributed by atoms with E-state index < -0.39 is 0 Å². The lowest BCUT2D eigenvalue weighted by Gasteiger charge is -2.17. The van der Waals surface area contributed by atoms with E-state index in [1.165, 1.54) is 27.8 Å². The van der Waals surface area contributed by atoms with Gasteiger partial charge in [0.05, 0.1) is 12.5 Å². The zero-order valence-electron chi connectivity index (χ0n) is 15.3. The number of methoxy groups -OCH3 is 1. The Morgan fingerprint density at radius 3 is 2.93 bits per heavy atom. The average molecular weight is 397 g/mol. The summed E-state index contributed by atoms with van der Waals surface area (Å²) in [5.74, 6) is 2.47. The summed E-state index contributed by atoms with van der Waals surface area (Å²) in [6.07, 6.45) is 5.40. The molecule has 4 aromatic rings. The third-order valence-electron chi connectivity index (χ3n) is 5.20. The molecule has 0 amide bonds. The third-order valence-corrected chi connectivity index (χ3v) is 7.38. The molecule has 1 atom stereocenters. The number of aromatic nitrogens is 4. The fraction of sp³-hybridized carbons (Fsp3) is 0.350. The highest BCUT2D eigenvalue weighted by Crippen LogP contribution is 2.39. The largest absolute Gasteiger partial charge is 0.497 e. The number of fused-ring (bicyclic) bond motifs is 5. The first kappa shape index (κ1) is 17.0. The van der Waals surface area contributed by atoms with Crippen molar-refractivity contribution in [2.24, 2.45) is 5.92 Å². The van der Waals surface area contributed by atoms with Crippen LogP contribution in [0.2, 0.25) is 0 Å². The van der Waals surface area contributed by atoms with Crippen molar-refractivity contribution in [2.75, 3.05) is 7.11 Å². The van der Waals surface area contributed by atoms with Gasteiger partial charge in [0.1, 0.15) is 16.9 Å². The van der Waals surface area contributed by atoms with E-state index in [-0.39, 0.29) is 0 Å². The Kier molecular flexibility index (Phi) is 4.28. The number of benzene rings is 1. The smallest absolute Gasteiger partial charge is 0.197 e. The summed E-state index contributed by atoms with van der Waals surface area (Å²) in [6, 6.07) is 8.15. The van der Waals surface area contributed by atoms with Crippen molar-refractivity contribution >= 4 is 39.0 Å². The Bertz CT molecular complexity index is 1120. The second-order valence-corrected chi connectivity index (χ2v) is 9.12. The van der Waals surface area contributed by atoms with E-state index >= 15 is 0 Å². The Morgan fingerprint density at radius 2 is 2.11 bits per heavy atom. The van der Waals surface area contributed by atoms with Gasteiger partial charge in [-0.15, -0.1) is 21.5 Å². The number of hydrogen-bond donors (Lipinski definition) is 0. The minimum atomic E-state index is 0.759. The maximum Gasteiger partial charge on any atom is 0.197 e. The third kappa shape index (κ3) is 2.99. The van der Waals surface area contributed by atoms with Crippen molar-refractivity contribution in [1.29, 1.82) is 0 Å². The lowest BCUT2D eigenvalue weighted by Crippen LogP contribution is -2.08. The van der Waals surface area contributed by atoms with Crippen LogP contribution in [0.25, 0.3) is 15.9 Å². The van der Waals surface area contributed by atoms with Crippen LogP contribution in [0.4, 0.5) is 0 Å². The van der Waals surface area contributed by atoms with Crippen molar-refractivity contribution in [2.45, 2.75) is 37.1 Å². The van der Waals surface area contributed by atoms with E-state index in [4.69, 9.17) is 9.72 Å². The van der Waals surface area contributed by atoms with Crippen molar-refractivity contribution in [3.05, 3.63) is 46.6 Å². The van der Waals surface area contributed by atoms with Gasteiger partial charge in [0.15, 0.2) is 10.8 Å². The fourth-order valence-corrected chi connectivity index (χ4v) is 5.89. The highest BCUT2D eigenvalue weighted by atomic mass is 32.2. The summed E-state index contributed by atoms with van der Waals surface area (Å²) < 4.78 is 7.27. The molecule has 0 bridgehead atoms. The molecular weight excluding hydrogens is 376 g/mol. The van der Waals surface area contributed by atoms with Gasteiger partial charge >= 0.3 is 0 Å². The van der Waals surface area contributed by atoms with Gasteiger partial charge in [0.25, 0.3) is 0 Å². The average Bonchev–Trinajstić information content (AvgIpc) is 3.26. The number of nitrogens with zero attached hydrogens (tertiary/aromatic N) is 4. The second kappa shape index (κ2) is 6.80. The molecular formula is C20H20N4OS2. The van der Waals surface area contributed by atoms with Crippen LogP contribution in [0, 0.1) is 5.92 Å². The van der Waals surface area contributed by atoms with E-state index in [1.54, 1.807) is 18.9 Å². The first-order valence-corrected chi connectivity index (χ1v) is 10.9. The molecule has 0 N–H and O–H groups in total. The number of thiophene rings is 1. The quantitative estimate of drug-likeness (QED) is 0.465. The van der Waals surface area contributed by atoms with Crippen molar-refractivity contribution in [3.63, 3.8) is 0 Å². The van der Waals surface area contributed by atoms with Crippen LogP contribution < -0.4 is 4.74 Å². The maximum atomic E-state index is 5.22. The Morgan fingerprint density at radius 1 is 1.26 bits per heavy atom. The lowest BCUT2D eigenvalue weighted by atomic mass is 9.89. The van der Waals surface area contributed by atoms with Crippen molar-refractivity contribution in [1.82, 2.24) is 19.6 Å². The van der Waals surface area contributed by atoms with Crippen molar-refractivity contribution < 1.29 is 4.74 Å². The number of rotatable bonds is 4. The topological polar surface area (TPSA) is 52.3 Å². The van der Waals surface area contributed by atoms with Crippen LogP contribution in [0.1, 0.15) is 29.3 Å². The monoisotopic (exact) mass is 396 g/mol. The molecule has 0 saturated heterocycles. The van der Waals surface area contributed by atoms with Gasteiger partial charge in [-0.05, 0) is 48.4 Å². The standard InChI is InChI=1S/C20H20N4OS2/c1-12-3-8-15-16(9-12)27-19-17(15)18-22-23-20(24(18)11-21-19)26-10-13-4-6-14(25-2)7-5-13/h4-7,11-12H,3,8-10H2,1-2H3/t12-/m0/s1. The molecule has 0 spiro atoms. The van der Waals surface area contributed by atoms with Crippen LogP contribution in [-0.4, -0.2) is 26.7 Å². The molecule has 27 heavy (non-hydrogen) atoms. The Balaban J connectivity index is 1.48. The molecule has 3 aromatic heterocycles. The van der Waals surface area contributed by atoms with E-state index in [0.717, 1.165) is 45.9 Å². The molecule has 1 aliphatic rings. The second-order valence-electron chi connectivity index (χ2n) is 7.09. The molecule has 0 radical (unpaired) electrons. The summed E-state index contributed by atoms with van der Waals surface area (Å²) in [6.45, 7) is 2.33. The van der Waals surface area contributed by atoms with E-state index in [9.17, 15) is 0 Å².